The van der Waals surface area contributed by atoms with Crippen molar-refractivity contribution >= 4 is 5.91 Å². The lowest BCUT2D eigenvalue weighted by atomic mass is 9.99. The predicted molar refractivity (Wildman–Crippen MR) is 92.4 cm³/mol. The lowest BCUT2D eigenvalue weighted by molar-refractivity contribution is -0.132. The number of aliphatic hydroxyl groups excluding tert-OH is 1. The zero-order valence-electron chi connectivity index (χ0n) is 14.8. The van der Waals surface area contributed by atoms with Gasteiger partial charge in [0, 0.05) is 46.3 Å². The molecular weight excluding hydrogens is 309 g/mol. The van der Waals surface area contributed by atoms with Crippen molar-refractivity contribution in [2.75, 3.05) is 53.4 Å². The number of carbonyl (C=O) groups is 1. The second-order valence-electron chi connectivity index (χ2n) is 6.75. The maximum absolute atomic E-state index is 13.3. The SMILES string of the molecule is CC(C(=O)N(C)CC(O)CN1CCN(C)CC1)c1cccc(F)c1. The summed E-state index contributed by atoms with van der Waals surface area (Å²) >= 11 is 0. The minimum Gasteiger partial charge on any atom is -0.390 e. The van der Waals surface area contributed by atoms with Crippen molar-refractivity contribution in [3.8, 4) is 0 Å². The summed E-state index contributed by atoms with van der Waals surface area (Å²) < 4.78 is 13.3. The lowest BCUT2D eigenvalue weighted by Crippen LogP contribution is -2.49. The quantitative estimate of drug-likeness (QED) is 0.841. The molecule has 2 unspecified atom stereocenters. The molecule has 1 amide bonds. The van der Waals surface area contributed by atoms with Crippen LogP contribution in [0, 0.1) is 5.82 Å². The summed E-state index contributed by atoms with van der Waals surface area (Å²) in [4.78, 5) is 18.5. The number of rotatable bonds is 6. The maximum atomic E-state index is 13.3. The molecule has 1 aliphatic heterocycles. The van der Waals surface area contributed by atoms with Crippen LogP contribution in [0.15, 0.2) is 24.3 Å². The molecule has 2 rings (SSSR count). The molecule has 6 heteroatoms. The molecule has 1 aliphatic rings. The molecule has 0 aromatic heterocycles. The number of halogens is 1. The highest BCUT2D eigenvalue weighted by Gasteiger charge is 2.23. The van der Waals surface area contributed by atoms with Crippen LogP contribution in [0.25, 0.3) is 0 Å². The second kappa shape index (κ2) is 8.55. The van der Waals surface area contributed by atoms with Crippen LogP contribution in [0.5, 0.6) is 0 Å². The van der Waals surface area contributed by atoms with Crippen molar-refractivity contribution in [3.05, 3.63) is 35.6 Å². The van der Waals surface area contributed by atoms with E-state index in [1.54, 1.807) is 26.1 Å². The molecule has 1 fully saturated rings. The summed E-state index contributed by atoms with van der Waals surface area (Å²) in [6, 6.07) is 6.11. The van der Waals surface area contributed by atoms with Crippen LogP contribution in [0.2, 0.25) is 0 Å². The van der Waals surface area contributed by atoms with Crippen LogP contribution >= 0.6 is 0 Å². The molecule has 24 heavy (non-hydrogen) atoms. The average Bonchev–Trinajstić information content (AvgIpc) is 2.55. The van der Waals surface area contributed by atoms with Gasteiger partial charge in [0.1, 0.15) is 5.82 Å². The Balaban J connectivity index is 1.84. The third-order valence-electron chi connectivity index (χ3n) is 4.64. The zero-order valence-corrected chi connectivity index (χ0v) is 14.8. The molecule has 2 atom stereocenters. The first-order chi connectivity index (χ1) is 11.4. The highest BCUT2D eigenvalue weighted by molar-refractivity contribution is 5.83. The van der Waals surface area contributed by atoms with Crippen LogP contribution in [0.4, 0.5) is 4.39 Å². The number of β-amino-alcohol motifs (C(OH)–C–C–N with tert-alkyl or cyclic N) is 1. The normalized spacial score (nSPS) is 19.0. The van der Waals surface area contributed by atoms with E-state index in [9.17, 15) is 14.3 Å². The number of hydrogen-bond acceptors (Lipinski definition) is 4. The minimum absolute atomic E-state index is 0.113. The number of nitrogens with zero attached hydrogens (tertiary/aromatic N) is 3. The highest BCUT2D eigenvalue weighted by Crippen LogP contribution is 2.18. The Morgan fingerprint density at radius 2 is 2.00 bits per heavy atom. The van der Waals surface area contributed by atoms with Crippen LogP contribution in [0.1, 0.15) is 18.4 Å². The summed E-state index contributed by atoms with van der Waals surface area (Å²) in [5.74, 6) is -0.885. The Morgan fingerprint density at radius 1 is 1.33 bits per heavy atom. The van der Waals surface area contributed by atoms with Crippen molar-refractivity contribution in [2.45, 2.75) is 18.9 Å². The minimum atomic E-state index is -0.581. The first kappa shape index (κ1) is 18.8. The fraction of sp³-hybridized carbons (Fsp3) is 0.611. The van der Waals surface area contributed by atoms with E-state index in [4.69, 9.17) is 0 Å². The fourth-order valence-electron chi connectivity index (χ4n) is 3.04. The number of aliphatic hydroxyl groups is 1. The number of carbonyl (C=O) groups excluding carboxylic acids is 1. The highest BCUT2D eigenvalue weighted by atomic mass is 19.1. The van der Waals surface area contributed by atoms with Gasteiger partial charge in [0.2, 0.25) is 5.91 Å². The molecule has 5 nitrogen and oxygen atoms in total. The summed E-state index contributed by atoms with van der Waals surface area (Å²) in [5, 5.41) is 10.3. The van der Waals surface area contributed by atoms with Gasteiger partial charge >= 0.3 is 0 Å². The van der Waals surface area contributed by atoms with Gasteiger partial charge in [-0.3, -0.25) is 9.69 Å². The Hall–Kier alpha value is -1.50. The topological polar surface area (TPSA) is 47.0 Å². The van der Waals surface area contributed by atoms with Gasteiger partial charge in [-0.05, 0) is 31.7 Å². The molecule has 0 radical (unpaired) electrons. The van der Waals surface area contributed by atoms with Crippen molar-refractivity contribution in [2.24, 2.45) is 0 Å². The third kappa shape index (κ3) is 5.26. The summed E-state index contributed by atoms with van der Waals surface area (Å²) in [6.45, 7) is 6.48. The van der Waals surface area contributed by atoms with E-state index in [0.717, 1.165) is 26.2 Å². The maximum Gasteiger partial charge on any atom is 0.229 e. The number of hydrogen-bond donors (Lipinski definition) is 1. The molecule has 0 aliphatic carbocycles. The zero-order chi connectivity index (χ0) is 17.7. The monoisotopic (exact) mass is 337 g/mol. The Kier molecular flexibility index (Phi) is 6.71. The van der Waals surface area contributed by atoms with Gasteiger partial charge in [0.15, 0.2) is 0 Å². The number of amides is 1. The smallest absolute Gasteiger partial charge is 0.229 e. The molecule has 134 valence electrons. The van der Waals surface area contributed by atoms with E-state index in [1.807, 2.05) is 0 Å². The van der Waals surface area contributed by atoms with E-state index >= 15 is 0 Å². The Morgan fingerprint density at radius 3 is 2.62 bits per heavy atom. The van der Waals surface area contributed by atoms with Gasteiger partial charge in [-0.2, -0.15) is 0 Å². The molecule has 0 bridgehead atoms. The standard InChI is InChI=1S/C18H28FN3O2/c1-14(15-5-4-6-16(19)11-15)18(24)21(3)12-17(23)13-22-9-7-20(2)8-10-22/h4-6,11,14,17,23H,7-10,12-13H2,1-3H3. The summed E-state index contributed by atoms with van der Waals surface area (Å²) in [5.41, 5.74) is 0.653. The predicted octanol–water partition coefficient (Wildman–Crippen LogP) is 0.996. The summed E-state index contributed by atoms with van der Waals surface area (Å²) in [6.07, 6.45) is -0.581. The van der Waals surface area contributed by atoms with Crippen molar-refractivity contribution in [1.82, 2.24) is 14.7 Å². The molecule has 1 aromatic carbocycles. The summed E-state index contributed by atoms with van der Waals surface area (Å²) in [7, 11) is 3.78. The van der Waals surface area contributed by atoms with E-state index in [0.29, 0.717) is 12.1 Å². The fourth-order valence-corrected chi connectivity index (χ4v) is 3.04. The van der Waals surface area contributed by atoms with Gasteiger partial charge in [-0.15, -0.1) is 0 Å². The van der Waals surface area contributed by atoms with Crippen molar-refractivity contribution < 1.29 is 14.3 Å². The number of likely N-dealkylation sites (N-methyl/N-ethyl adjacent to an activating group) is 2. The second-order valence-corrected chi connectivity index (χ2v) is 6.75. The van der Waals surface area contributed by atoms with E-state index in [-0.39, 0.29) is 18.3 Å². The lowest BCUT2D eigenvalue weighted by Gasteiger charge is -2.34. The Bertz CT molecular complexity index is 547. The molecule has 1 N–H and O–H groups in total. The Labute approximate surface area is 143 Å². The van der Waals surface area contributed by atoms with Crippen LogP contribution in [-0.4, -0.2) is 85.2 Å². The van der Waals surface area contributed by atoms with E-state index < -0.39 is 12.0 Å². The first-order valence-electron chi connectivity index (χ1n) is 8.46. The molecule has 0 spiro atoms. The third-order valence-corrected chi connectivity index (χ3v) is 4.64. The van der Waals surface area contributed by atoms with Crippen LogP contribution < -0.4 is 0 Å². The van der Waals surface area contributed by atoms with Gasteiger partial charge in [-0.1, -0.05) is 12.1 Å². The van der Waals surface area contributed by atoms with Crippen molar-refractivity contribution in [3.63, 3.8) is 0 Å². The van der Waals surface area contributed by atoms with Crippen LogP contribution in [0.3, 0.4) is 0 Å². The van der Waals surface area contributed by atoms with E-state index in [2.05, 4.69) is 16.8 Å². The molecule has 1 saturated heterocycles. The van der Waals surface area contributed by atoms with Gasteiger partial charge in [0.25, 0.3) is 0 Å². The van der Waals surface area contributed by atoms with E-state index in [1.165, 1.54) is 17.0 Å². The molecule has 1 heterocycles. The average molecular weight is 337 g/mol. The number of piperazine rings is 1. The first-order valence-corrected chi connectivity index (χ1v) is 8.46. The largest absolute Gasteiger partial charge is 0.390 e. The van der Waals surface area contributed by atoms with Gasteiger partial charge < -0.3 is 14.9 Å². The van der Waals surface area contributed by atoms with Gasteiger partial charge in [-0.25, -0.2) is 4.39 Å². The number of benzene rings is 1. The van der Waals surface area contributed by atoms with Crippen LogP contribution in [-0.2, 0) is 4.79 Å². The van der Waals surface area contributed by atoms with Crippen molar-refractivity contribution in [1.29, 1.82) is 0 Å². The van der Waals surface area contributed by atoms with Gasteiger partial charge in [0.05, 0.1) is 12.0 Å². The molecular formula is C18H28FN3O2. The molecule has 1 aromatic rings. The molecule has 0 saturated carbocycles.